The fourth-order valence-electron chi connectivity index (χ4n) is 7.14. The summed E-state index contributed by atoms with van der Waals surface area (Å²) < 4.78 is 52.5. The SMILES string of the molecule is ICCCCOc1c2cccc1Cc1cccc3c1OCCOCCOCCOCCOCCOc1c(cccc1Cc1cccc(c1OCCCCI)C3)C2. The predicted octanol–water partition coefficient (Wildman–Crippen LogP) is 9.39. The molecule has 1 aliphatic carbocycles. The highest BCUT2D eigenvalue weighted by Gasteiger charge is 2.22. The highest BCUT2D eigenvalue weighted by Crippen LogP contribution is 2.39. The molecule has 0 saturated carbocycles. The smallest absolute Gasteiger partial charge is 0.126 e. The zero-order valence-electron chi connectivity index (χ0n) is 32.5. The Labute approximate surface area is 360 Å². The van der Waals surface area contributed by atoms with Crippen LogP contribution in [-0.2, 0) is 44.6 Å². The minimum atomic E-state index is 0.421. The van der Waals surface area contributed by atoms with Gasteiger partial charge in [0, 0.05) is 25.7 Å². The van der Waals surface area contributed by atoms with Crippen molar-refractivity contribution < 1.29 is 37.9 Å². The zero-order valence-corrected chi connectivity index (χ0v) is 36.8. The number of hydrogen-bond acceptors (Lipinski definition) is 8. The molecule has 0 radical (unpaired) electrons. The van der Waals surface area contributed by atoms with Crippen LogP contribution in [0, 0.1) is 0 Å². The normalized spacial score (nSPS) is 16.0. The lowest BCUT2D eigenvalue weighted by atomic mass is 9.91. The van der Waals surface area contributed by atoms with Crippen molar-refractivity contribution in [3.8, 4) is 23.0 Å². The Kier molecular flexibility index (Phi) is 18.7. The molecule has 0 aromatic heterocycles. The first-order valence-electron chi connectivity index (χ1n) is 20.1. The van der Waals surface area contributed by atoms with E-state index in [9.17, 15) is 0 Å². The number of alkyl halides is 2. The molecular formula is C46H56I2O8. The molecule has 1 aliphatic heterocycles. The van der Waals surface area contributed by atoms with Gasteiger partial charge in [0.1, 0.15) is 36.2 Å². The number of ether oxygens (including phenoxy) is 8. The quantitative estimate of drug-likeness (QED) is 0.0780. The van der Waals surface area contributed by atoms with Crippen LogP contribution in [0.15, 0.2) is 72.8 Å². The first kappa shape index (κ1) is 43.0. The van der Waals surface area contributed by atoms with E-state index in [1.54, 1.807) is 0 Å². The molecule has 1 heterocycles. The van der Waals surface area contributed by atoms with Gasteiger partial charge in [0.2, 0.25) is 0 Å². The molecule has 4 aromatic rings. The van der Waals surface area contributed by atoms with E-state index in [-0.39, 0.29) is 0 Å². The average molecular weight is 991 g/mol. The largest absolute Gasteiger partial charge is 0.493 e. The van der Waals surface area contributed by atoms with Crippen molar-refractivity contribution >= 4 is 45.2 Å². The summed E-state index contributed by atoms with van der Waals surface area (Å²) in [6.45, 7) is 6.06. The number of hydrogen-bond donors (Lipinski definition) is 0. The Hall–Kier alpha value is -2.62. The van der Waals surface area contributed by atoms with Crippen molar-refractivity contribution in [3.63, 3.8) is 0 Å². The fraction of sp³-hybridized carbons (Fsp3) is 0.478. The summed E-state index contributed by atoms with van der Waals surface area (Å²) in [5, 5.41) is 0. The number of unbranched alkanes of at least 4 members (excludes halogenated alkanes) is 2. The van der Waals surface area contributed by atoms with E-state index in [4.69, 9.17) is 37.9 Å². The molecule has 0 saturated heterocycles. The van der Waals surface area contributed by atoms with E-state index in [1.165, 1.54) is 0 Å². The van der Waals surface area contributed by atoms with Crippen LogP contribution in [0.3, 0.4) is 0 Å². The zero-order chi connectivity index (χ0) is 38.6. The van der Waals surface area contributed by atoms with Crippen LogP contribution in [0.5, 0.6) is 23.0 Å². The Morgan fingerprint density at radius 3 is 0.964 bits per heavy atom. The van der Waals surface area contributed by atoms with Crippen LogP contribution in [0.2, 0.25) is 0 Å². The maximum absolute atomic E-state index is 6.76. The Morgan fingerprint density at radius 2 is 0.661 bits per heavy atom. The Morgan fingerprint density at radius 1 is 0.375 bits per heavy atom. The van der Waals surface area contributed by atoms with E-state index < -0.39 is 0 Å². The molecule has 0 fully saturated rings. The van der Waals surface area contributed by atoms with E-state index >= 15 is 0 Å². The maximum Gasteiger partial charge on any atom is 0.126 e. The van der Waals surface area contributed by atoms with Gasteiger partial charge in [0.05, 0.1) is 66.1 Å². The molecule has 302 valence electrons. The second-order valence-corrected chi connectivity index (χ2v) is 16.1. The number of fused-ring (bicyclic) bond motifs is 2. The first-order chi connectivity index (χ1) is 27.7. The molecule has 0 spiro atoms. The highest BCUT2D eigenvalue weighted by molar-refractivity contribution is 14.1. The monoisotopic (exact) mass is 990 g/mol. The van der Waals surface area contributed by atoms with Gasteiger partial charge in [-0.05, 0) is 79.0 Å². The van der Waals surface area contributed by atoms with E-state index in [1.807, 2.05) is 0 Å². The summed E-state index contributed by atoms with van der Waals surface area (Å²) in [5.74, 6) is 3.69. The van der Waals surface area contributed by atoms with Crippen molar-refractivity contribution in [2.75, 3.05) is 88.1 Å². The second kappa shape index (κ2) is 24.3. The molecule has 0 N–H and O–H groups in total. The summed E-state index contributed by atoms with van der Waals surface area (Å²) in [6, 6.07) is 26.2. The van der Waals surface area contributed by atoms with Crippen molar-refractivity contribution in [2.24, 2.45) is 0 Å². The van der Waals surface area contributed by atoms with Gasteiger partial charge in [-0.3, -0.25) is 0 Å². The number of halogens is 2. The molecule has 6 rings (SSSR count). The summed E-state index contributed by atoms with van der Waals surface area (Å²) >= 11 is 4.89. The van der Waals surface area contributed by atoms with Crippen LogP contribution >= 0.6 is 45.2 Å². The second-order valence-electron chi connectivity index (χ2n) is 14.0. The molecule has 2 aliphatic rings. The summed E-state index contributed by atoms with van der Waals surface area (Å²) in [4.78, 5) is 0. The third kappa shape index (κ3) is 12.9. The van der Waals surface area contributed by atoms with Crippen molar-refractivity contribution in [3.05, 3.63) is 117 Å². The van der Waals surface area contributed by atoms with Crippen molar-refractivity contribution in [1.82, 2.24) is 0 Å². The minimum Gasteiger partial charge on any atom is -0.493 e. The Bertz CT molecular complexity index is 1570. The van der Waals surface area contributed by atoms with E-state index in [0.29, 0.717) is 105 Å². The van der Waals surface area contributed by atoms with Gasteiger partial charge in [-0.1, -0.05) is 118 Å². The average Bonchev–Trinajstić information content (AvgIpc) is 3.20. The lowest BCUT2D eigenvalue weighted by molar-refractivity contribution is -0.00706. The van der Waals surface area contributed by atoms with Crippen molar-refractivity contribution in [2.45, 2.75) is 51.4 Å². The standard InChI is InChI=1S/C46H56I2O8/c47-17-1-3-19-53-43-35-9-5-10-36(43)32-40-14-8-16-42-34-38-12-6-11-37(44(38)54-20-4-2-18-48)33-41-15-7-13-39(31-35)45(41)55-29-27-51-25-23-49-21-22-50-24-26-52-28-30-56-46(40)42/h5-16H,1-4,17-34H2. The third-order valence-corrected chi connectivity index (χ3v) is 11.4. The molecule has 4 aromatic carbocycles. The molecule has 0 unspecified atom stereocenters. The van der Waals surface area contributed by atoms with Gasteiger partial charge in [-0.2, -0.15) is 0 Å². The van der Waals surface area contributed by atoms with Crippen LogP contribution in [-0.4, -0.2) is 88.1 Å². The van der Waals surface area contributed by atoms with Crippen LogP contribution in [0.4, 0.5) is 0 Å². The third-order valence-electron chi connectivity index (χ3n) is 9.85. The van der Waals surface area contributed by atoms with Crippen LogP contribution < -0.4 is 18.9 Å². The summed E-state index contributed by atoms with van der Waals surface area (Å²) in [5.41, 5.74) is 9.02. The van der Waals surface area contributed by atoms with Gasteiger partial charge in [0.25, 0.3) is 0 Å². The molecule has 0 amide bonds. The lowest BCUT2D eigenvalue weighted by Gasteiger charge is -2.23. The highest BCUT2D eigenvalue weighted by atomic mass is 127. The fourth-order valence-corrected chi connectivity index (χ4v) is 8.22. The molecule has 10 bridgehead atoms. The van der Waals surface area contributed by atoms with Crippen LogP contribution in [0.1, 0.15) is 70.2 Å². The lowest BCUT2D eigenvalue weighted by Crippen LogP contribution is -2.15. The van der Waals surface area contributed by atoms with Gasteiger partial charge < -0.3 is 37.9 Å². The number of benzene rings is 4. The first-order valence-corrected chi connectivity index (χ1v) is 23.2. The number of para-hydroxylation sites is 4. The van der Waals surface area contributed by atoms with Gasteiger partial charge in [0.15, 0.2) is 0 Å². The molecule has 10 heteroatoms. The molecule has 8 nitrogen and oxygen atoms in total. The Balaban J connectivity index is 1.47. The topological polar surface area (TPSA) is 73.8 Å². The minimum absolute atomic E-state index is 0.421. The summed E-state index contributed by atoms with van der Waals surface area (Å²) in [6.07, 6.45) is 6.88. The van der Waals surface area contributed by atoms with Gasteiger partial charge >= 0.3 is 0 Å². The van der Waals surface area contributed by atoms with Gasteiger partial charge in [-0.25, -0.2) is 0 Å². The van der Waals surface area contributed by atoms with Crippen molar-refractivity contribution in [1.29, 1.82) is 0 Å². The van der Waals surface area contributed by atoms with Crippen LogP contribution in [0.25, 0.3) is 0 Å². The molecular weight excluding hydrogens is 934 g/mol. The van der Waals surface area contributed by atoms with Gasteiger partial charge in [-0.15, -0.1) is 0 Å². The molecule has 0 atom stereocenters. The predicted molar refractivity (Wildman–Crippen MR) is 238 cm³/mol. The summed E-state index contributed by atoms with van der Waals surface area (Å²) in [7, 11) is 0. The van der Waals surface area contributed by atoms with E-state index in [2.05, 4.69) is 118 Å². The maximum atomic E-state index is 6.76. The number of rotatable bonds is 10. The van der Waals surface area contributed by atoms with E-state index in [0.717, 1.165) is 102 Å². The molecule has 56 heavy (non-hydrogen) atoms.